The van der Waals surface area contributed by atoms with Crippen molar-refractivity contribution in [3.8, 4) is 0 Å². The zero-order valence-electron chi connectivity index (χ0n) is 10.9. The molecule has 0 amide bonds. The number of aliphatic hydroxyl groups is 1. The highest BCUT2D eigenvalue weighted by Gasteiger charge is 2.14. The highest BCUT2D eigenvalue weighted by molar-refractivity contribution is 14.1. The molecule has 0 saturated carbocycles. The molecule has 0 bridgehead atoms. The van der Waals surface area contributed by atoms with E-state index in [-0.39, 0.29) is 18.7 Å². The topological polar surface area (TPSA) is 32.3 Å². The van der Waals surface area contributed by atoms with Gasteiger partial charge < -0.3 is 10.4 Å². The predicted octanol–water partition coefficient (Wildman–Crippen LogP) is 3.68. The number of hydrogen-bond acceptors (Lipinski definition) is 2. The Labute approximate surface area is 128 Å². The standard InChI is InChI=1S/C16H18INO/c1-12(13-7-9-15(17)10-8-13)18-16(11-19)14-5-3-2-4-6-14/h2-10,12,16,18-19H,11H2,1H3/t12?,16-/m0/s1. The van der Waals surface area contributed by atoms with Gasteiger partial charge in [-0.3, -0.25) is 0 Å². The maximum atomic E-state index is 9.56. The molecule has 0 aromatic heterocycles. The van der Waals surface area contributed by atoms with Crippen LogP contribution >= 0.6 is 22.6 Å². The van der Waals surface area contributed by atoms with Crippen LogP contribution < -0.4 is 5.32 Å². The molecular formula is C16H18INO. The van der Waals surface area contributed by atoms with Crippen LogP contribution in [0.15, 0.2) is 54.6 Å². The van der Waals surface area contributed by atoms with E-state index in [0.717, 1.165) is 5.56 Å². The van der Waals surface area contributed by atoms with Crippen molar-refractivity contribution in [1.82, 2.24) is 5.32 Å². The van der Waals surface area contributed by atoms with E-state index in [1.54, 1.807) is 0 Å². The molecule has 0 radical (unpaired) electrons. The molecule has 1 unspecified atom stereocenters. The van der Waals surface area contributed by atoms with Crippen LogP contribution in [0, 0.1) is 3.57 Å². The maximum Gasteiger partial charge on any atom is 0.0626 e. The van der Waals surface area contributed by atoms with E-state index in [4.69, 9.17) is 0 Å². The average molecular weight is 367 g/mol. The van der Waals surface area contributed by atoms with Crippen LogP contribution in [-0.4, -0.2) is 11.7 Å². The molecule has 2 N–H and O–H groups in total. The first-order chi connectivity index (χ1) is 9.20. The molecule has 0 aliphatic heterocycles. The minimum atomic E-state index is -0.0320. The Kier molecular flexibility index (Phi) is 5.36. The molecular weight excluding hydrogens is 349 g/mol. The molecule has 0 heterocycles. The lowest BCUT2D eigenvalue weighted by atomic mass is 10.0. The summed E-state index contributed by atoms with van der Waals surface area (Å²) in [6, 6.07) is 18.7. The molecule has 100 valence electrons. The third-order valence-corrected chi connectivity index (χ3v) is 3.92. The molecule has 2 atom stereocenters. The van der Waals surface area contributed by atoms with Gasteiger partial charge in [0.25, 0.3) is 0 Å². The molecule has 0 saturated heterocycles. The zero-order chi connectivity index (χ0) is 13.7. The van der Waals surface area contributed by atoms with Crippen molar-refractivity contribution in [2.24, 2.45) is 0 Å². The second-order valence-electron chi connectivity index (χ2n) is 4.59. The molecule has 2 aromatic carbocycles. The average Bonchev–Trinajstić information content (AvgIpc) is 2.46. The largest absolute Gasteiger partial charge is 0.394 e. The van der Waals surface area contributed by atoms with Crippen LogP contribution in [0.3, 0.4) is 0 Å². The lowest BCUT2D eigenvalue weighted by Crippen LogP contribution is -2.27. The quantitative estimate of drug-likeness (QED) is 0.791. The molecule has 19 heavy (non-hydrogen) atoms. The van der Waals surface area contributed by atoms with Crippen molar-refractivity contribution in [1.29, 1.82) is 0 Å². The highest BCUT2D eigenvalue weighted by Crippen LogP contribution is 2.20. The lowest BCUT2D eigenvalue weighted by Gasteiger charge is -2.22. The van der Waals surface area contributed by atoms with Crippen molar-refractivity contribution in [3.05, 3.63) is 69.3 Å². The zero-order valence-corrected chi connectivity index (χ0v) is 13.0. The van der Waals surface area contributed by atoms with Gasteiger partial charge >= 0.3 is 0 Å². The minimum absolute atomic E-state index is 0.0320. The monoisotopic (exact) mass is 367 g/mol. The van der Waals surface area contributed by atoms with Gasteiger partial charge in [0.05, 0.1) is 12.6 Å². The number of hydrogen-bond donors (Lipinski definition) is 2. The molecule has 2 nitrogen and oxygen atoms in total. The number of halogens is 1. The van der Waals surface area contributed by atoms with Crippen molar-refractivity contribution in [2.75, 3.05) is 6.61 Å². The van der Waals surface area contributed by atoms with E-state index in [0.29, 0.717) is 0 Å². The van der Waals surface area contributed by atoms with Gasteiger partial charge in [0.15, 0.2) is 0 Å². The van der Waals surface area contributed by atoms with Gasteiger partial charge in [0, 0.05) is 9.61 Å². The SMILES string of the molecule is CC(N[C@@H](CO)c1ccccc1)c1ccc(I)cc1. The summed E-state index contributed by atoms with van der Waals surface area (Å²) in [5.41, 5.74) is 2.34. The van der Waals surface area contributed by atoms with E-state index >= 15 is 0 Å². The summed E-state index contributed by atoms with van der Waals surface area (Å²) in [6.07, 6.45) is 0. The van der Waals surface area contributed by atoms with Gasteiger partial charge in [-0.2, -0.15) is 0 Å². The summed E-state index contributed by atoms with van der Waals surface area (Å²) in [7, 11) is 0. The number of nitrogens with one attached hydrogen (secondary N) is 1. The van der Waals surface area contributed by atoms with E-state index in [9.17, 15) is 5.11 Å². The predicted molar refractivity (Wildman–Crippen MR) is 87.0 cm³/mol. The van der Waals surface area contributed by atoms with Crippen molar-refractivity contribution in [3.63, 3.8) is 0 Å². The van der Waals surface area contributed by atoms with Crippen molar-refractivity contribution in [2.45, 2.75) is 19.0 Å². The Balaban J connectivity index is 2.08. The first-order valence-corrected chi connectivity index (χ1v) is 7.46. The number of benzene rings is 2. The van der Waals surface area contributed by atoms with E-state index in [2.05, 4.69) is 59.1 Å². The van der Waals surface area contributed by atoms with Gasteiger partial charge in [-0.15, -0.1) is 0 Å². The Morgan fingerprint density at radius 3 is 2.21 bits per heavy atom. The van der Waals surface area contributed by atoms with E-state index in [1.807, 2.05) is 30.3 Å². The first-order valence-electron chi connectivity index (χ1n) is 6.38. The second kappa shape index (κ2) is 7.03. The van der Waals surface area contributed by atoms with Crippen LogP contribution in [-0.2, 0) is 0 Å². The normalized spacial score (nSPS) is 14.1. The van der Waals surface area contributed by atoms with Crippen LogP contribution in [0.2, 0.25) is 0 Å². The summed E-state index contributed by atoms with van der Waals surface area (Å²) in [5, 5.41) is 13.0. The third-order valence-electron chi connectivity index (χ3n) is 3.21. The Hall–Kier alpha value is -0.910. The second-order valence-corrected chi connectivity index (χ2v) is 5.83. The summed E-state index contributed by atoms with van der Waals surface area (Å²) >= 11 is 2.30. The van der Waals surface area contributed by atoms with Crippen molar-refractivity contribution >= 4 is 22.6 Å². The molecule has 3 heteroatoms. The molecule has 2 rings (SSSR count). The maximum absolute atomic E-state index is 9.56. The number of rotatable bonds is 5. The van der Waals surface area contributed by atoms with Crippen molar-refractivity contribution < 1.29 is 5.11 Å². The van der Waals surface area contributed by atoms with Crippen LogP contribution in [0.5, 0.6) is 0 Å². The highest BCUT2D eigenvalue weighted by atomic mass is 127. The van der Waals surface area contributed by atoms with E-state index in [1.165, 1.54) is 9.13 Å². The van der Waals surface area contributed by atoms with Crippen LogP contribution in [0.1, 0.15) is 30.1 Å². The Bertz CT molecular complexity index is 498. The Morgan fingerprint density at radius 1 is 1.00 bits per heavy atom. The molecule has 0 spiro atoms. The van der Waals surface area contributed by atoms with Gasteiger partial charge in [0.1, 0.15) is 0 Å². The first kappa shape index (κ1) is 14.5. The molecule has 0 fully saturated rings. The van der Waals surface area contributed by atoms with E-state index < -0.39 is 0 Å². The smallest absolute Gasteiger partial charge is 0.0626 e. The molecule has 2 aromatic rings. The molecule has 0 aliphatic carbocycles. The van der Waals surface area contributed by atoms with Gasteiger partial charge in [0.2, 0.25) is 0 Å². The summed E-state index contributed by atoms with van der Waals surface area (Å²) in [4.78, 5) is 0. The summed E-state index contributed by atoms with van der Waals surface area (Å²) < 4.78 is 1.23. The Morgan fingerprint density at radius 2 is 1.63 bits per heavy atom. The van der Waals surface area contributed by atoms with Gasteiger partial charge in [-0.05, 0) is 52.8 Å². The van der Waals surface area contributed by atoms with Crippen LogP contribution in [0.25, 0.3) is 0 Å². The minimum Gasteiger partial charge on any atom is -0.394 e. The van der Waals surface area contributed by atoms with Crippen LogP contribution in [0.4, 0.5) is 0 Å². The third kappa shape index (κ3) is 4.03. The fourth-order valence-corrected chi connectivity index (χ4v) is 2.45. The molecule has 0 aliphatic rings. The fraction of sp³-hybridized carbons (Fsp3) is 0.250. The van der Waals surface area contributed by atoms with Gasteiger partial charge in [-0.25, -0.2) is 0 Å². The summed E-state index contributed by atoms with van der Waals surface area (Å²) in [6.45, 7) is 2.21. The summed E-state index contributed by atoms with van der Waals surface area (Å²) in [5.74, 6) is 0. The van der Waals surface area contributed by atoms with Gasteiger partial charge in [-0.1, -0.05) is 42.5 Å². The lowest BCUT2D eigenvalue weighted by molar-refractivity contribution is 0.235. The fourth-order valence-electron chi connectivity index (χ4n) is 2.09. The number of aliphatic hydroxyl groups excluding tert-OH is 1.